The Morgan fingerprint density at radius 3 is 1.42 bits per heavy atom. The highest BCUT2D eigenvalue weighted by atomic mass is 32.2. The molecule has 0 saturated heterocycles. The van der Waals surface area contributed by atoms with Gasteiger partial charge in [0, 0.05) is 6.42 Å². The summed E-state index contributed by atoms with van der Waals surface area (Å²) >= 11 is 2.09. The smallest absolute Gasteiger partial charge is 0.303 e. The van der Waals surface area contributed by atoms with E-state index in [4.69, 9.17) is 5.11 Å². The summed E-state index contributed by atoms with van der Waals surface area (Å²) in [5.74, 6) is 2.07. The van der Waals surface area contributed by atoms with Crippen molar-refractivity contribution in [2.45, 2.75) is 162 Å². The van der Waals surface area contributed by atoms with Gasteiger partial charge in [-0.2, -0.15) is 11.8 Å². The minimum absolute atomic E-state index is 0.340. The Balaban J connectivity index is 0. The maximum atomic E-state index is 10.4. The van der Waals surface area contributed by atoms with Gasteiger partial charge in [0.1, 0.15) is 0 Å². The summed E-state index contributed by atoms with van der Waals surface area (Å²) in [6, 6.07) is 0. The molecule has 0 amide bonds. The minimum atomic E-state index is -0.656. The van der Waals surface area contributed by atoms with Crippen LogP contribution in [0, 0.1) is 0 Å². The standard InChI is InChI=1S/C22H42O2.C8H18S/c1-2-3-4-5-6-7-8-9-10-11-12-13-14-15-16-17-18-19-20-21-22(23)24;1-3-5-6-8-9-7-4-2/h9-10H,2-8,11-21H2,1H3,(H,23,24);3-8H2,1-2H3/b10-9-;. The molecular weight excluding hydrogens is 424 g/mol. The van der Waals surface area contributed by atoms with Crippen molar-refractivity contribution in [2.75, 3.05) is 11.5 Å². The summed E-state index contributed by atoms with van der Waals surface area (Å²) < 4.78 is 0. The summed E-state index contributed by atoms with van der Waals surface area (Å²) in [5.41, 5.74) is 0. The Kier molecular flexibility index (Phi) is 35.5. The second-order valence-electron chi connectivity index (χ2n) is 9.46. The number of allylic oxidation sites excluding steroid dienone is 2. The molecule has 3 heteroatoms. The molecule has 0 atom stereocenters. The van der Waals surface area contributed by atoms with Crippen molar-refractivity contribution < 1.29 is 9.90 Å². The number of carboxylic acid groups (broad SMARTS) is 1. The third-order valence-corrected chi connectivity index (χ3v) is 7.17. The van der Waals surface area contributed by atoms with E-state index in [1.165, 1.54) is 134 Å². The molecule has 0 aromatic heterocycles. The normalized spacial score (nSPS) is 11.0. The fraction of sp³-hybridized carbons (Fsp3) is 0.900. The van der Waals surface area contributed by atoms with Crippen LogP contribution < -0.4 is 0 Å². The van der Waals surface area contributed by atoms with E-state index < -0.39 is 5.97 Å². The molecule has 0 aromatic rings. The Morgan fingerprint density at radius 2 is 0.970 bits per heavy atom. The molecule has 0 unspecified atom stereocenters. The molecule has 0 radical (unpaired) electrons. The van der Waals surface area contributed by atoms with Crippen LogP contribution in [-0.2, 0) is 4.79 Å². The maximum Gasteiger partial charge on any atom is 0.303 e. The van der Waals surface area contributed by atoms with Gasteiger partial charge in [-0.25, -0.2) is 0 Å². The Bertz CT molecular complexity index is 375. The van der Waals surface area contributed by atoms with Crippen molar-refractivity contribution in [2.24, 2.45) is 0 Å². The monoisotopic (exact) mass is 484 g/mol. The highest BCUT2D eigenvalue weighted by Crippen LogP contribution is 2.12. The van der Waals surface area contributed by atoms with Gasteiger partial charge in [0.15, 0.2) is 0 Å². The average molecular weight is 485 g/mol. The van der Waals surface area contributed by atoms with E-state index in [2.05, 4.69) is 44.7 Å². The molecule has 198 valence electrons. The van der Waals surface area contributed by atoms with Crippen molar-refractivity contribution in [1.29, 1.82) is 0 Å². The summed E-state index contributed by atoms with van der Waals surface area (Å²) in [6.07, 6.45) is 32.6. The summed E-state index contributed by atoms with van der Waals surface area (Å²) in [6.45, 7) is 6.77. The number of aliphatic carboxylic acids is 1. The molecule has 0 saturated carbocycles. The van der Waals surface area contributed by atoms with Gasteiger partial charge in [0.25, 0.3) is 0 Å². The first-order valence-electron chi connectivity index (χ1n) is 14.6. The lowest BCUT2D eigenvalue weighted by Crippen LogP contribution is -1.93. The zero-order valence-corrected chi connectivity index (χ0v) is 23.7. The molecule has 0 aliphatic carbocycles. The molecule has 0 bridgehead atoms. The molecule has 0 aromatic carbocycles. The molecule has 33 heavy (non-hydrogen) atoms. The van der Waals surface area contributed by atoms with Crippen LogP contribution in [0.15, 0.2) is 12.2 Å². The van der Waals surface area contributed by atoms with Crippen LogP contribution in [0.3, 0.4) is 0 Å². The van der Waals surface area contributed by atoms with Crippen LogP contribution in [0.5, 0.6) is 0 Å². The first-order chi connectivity index (χ1) is 16.2. The molecule has 0 spiro atoms. The lowest BCUT2D eigenvalue weighted by molar-refractivity contribution is -0.137. The van der Waals surface area contributed by atoms with Gasteiger partial charge < -0.3 is 5.11 Å². The highest BCUT2D eigenvalue weighted by Gasteiger charge is 1.96. The molecule has 1 N–H and O–H groups in total. The van der Waals surface area contributed by atoms with E-state index in [9.17, 15) is 4.79 Å². The first kappa shape index (κ1) is 34.7. The Hall–Kier alpha value is -0.440. The average Bonchev–Trinajstić information content (AvgIpc) is 2.81. The minimum Gasteiger partial charge on any atom is -0.481 e. The third kappa shape index (κ3) is 39.1. The van der Waals surface area contributed by atoms with Crippen LogP contribution in [-0.4, -0.2) is 22.6 Å². The maximum absolute atomic E-state index is 10.4. The van der Waals surface area contributed by atoms with Crippen LogP contribution in [0.2, 0.25) is 0 Å². The van der Waals surface area contributed by atoms with E-state index in [1.807, 2.05) is 0 Å². The van der Waals surface area contributed by atoms with E-state index in [-0.39, 0.29) is 0 Å². The SMILES string of the molecule is CCCCCCCC/C=C\CCCCCCCCCCCC(=O)O.CCCCCSCCC. The van der Waals surface area contributed by atoms with Crippen molar-refractivity contribution in [3.63, 3.8) is 0 Å². The lowest BCUT2D eigenvalue weighted by Gasteiger charge is -2.01. The second kappa shape index (κ2) is 33.7. The fourth-order valence-corrected chi connectivity index (χ4v) is 4.66. The Labute approximate surface area is 213 Å². The number of carbonyl (C=O) groups is 1. The van der Waals surface area contributed by atoms with E-state index in [0.29, 0.717) is 6.42 Å². The molecule has 0 heterocycles. The summed E-state index contributed by atoms with van der Waals surface area (Å²) in [5, 5.41) is 8.55. The van der Waals surface area contributed by atoms with E-state index >= 15 is 0 Å². The van der Waals surface area contributed by atoms with Crippen molar-refractivity contribution in [1.82, 2.24) is 0 Å². The fourth-order valence-electron chi connectivity index (χ4n) is 3.75. The van der Waals surface area contributed by atoms with Crippen LogP contribution in [0.1, 0.15) is 162 Å². The van der Waals surface area contributed by atoms with Gasteiger partial charge in [-0.1, -0.05) is 123 Å². The third-order valence-electron chi connectivity index (χ3n) is 5.89. The largest absolute Gasteiger partial charge is 0.481 e. The molecular formula is C30H60O2S. The van der Waals surface area contributed by atoms with Gasteiger partial charge >= 0.3 is 5.97 Å². The van der Waals surface area contributed by atoms with E-state index in [1.54, 1.807) is 0 Å². The second-order valence-corrected chi connectivity index (χ2v) is 10.7. The quantitative estimate of drug-likeness (QED) is 0.103. The van der Waals surface area contributed by atoms with Gasteiger partial charge in [0.2, 0.25) is 0 Å². The van der Waals surface area contributed by atoms with Gasteiger partial charge in [-0.15, -0.1) is 0 Å². The molecule has 0 aliphatic heterocycles. The Morgan fingerprint density at radius 1 is 0.545 bits per heavy atom. The predicted octanol–water partition coefficient (Wildman–Crippen LogP) is 11.0. The predicted molar refractivity (Wildman–Crippen MR) is 153 cm³/mol. The highest BCUT2D eigenvalue weighted by molar-refractivity contribution is 7.99. The number of thioether (sulfide) groups is 1. The van der Waals surface area contributed by atoms with Crippen LogP contribution in [0.25, 0.3) is 0 Å². The number of hydrogen-bond donors (Lipinski definition) is 1. The van der Waals surface area contributed by atoms with Crippen molar-refractivity contribution >= 4 is 17.7 Å². The van der Waals surface area contributed by atoms with Gasteiger partial charge in [0.05, 0.1) is 0 Å². The lowest BCUT2D eigenvalue weighted by atomic mass is 10.1. The number of unbranched alkanes of at least 4 members (excludes halogenated alkanes) is 17. The number of carboxylic acids is 1. The van der Waals surface area contributed by atoms with Crippen LogP contribution in [0.4, 0.5) is 0 Å². The molecule has 0 fully saturated rings. The van der Waals surface area contributed by atoms with Crippen LogP contribution >= 0.6 is 11.8 Å². The zero-order valence-electron chi connectivity index (χ0n) is 22.9. The van der Waals surface area contributed by atoms with Gasteiger partial charge in [-0.05, 0) is 56.5 Å². The van der Waals surface area contributed by atoms with Gasteiger partial charge in [-0.3, -0.25) is 4.79 Å². The van der Waals surface area contributed by atoms with Crippen molar-refractivity contribution in [3.8, 4) is 0 Å². The summed E-state index contributed by atoms with van der Waals surface area (Å²) in [7, 11) is 0. The number of rotatable bonds is 25. The first-order valence-corrected chi connectivity index (χ1v) is 15.8. The van der Waals surface area contributed by atoms with E-state index in [0.717, 1.165) is 12.8 Å². The summed E-state index contributed by atoms with van der Waals surface area (Å²) in [4.78, 5) is 10.4. The van der Waals surface area contributed by atoms with Crippen molar-refractivity contribution in [3.05, 3.63) is 12.2 Å². The molecule has 0 rings (SSSR count). The molecule has 0 aliphatic rings. The zero-order chi connectivity index (χ0) is 24.7. The topological polar surface area (TPSA) is 37.3 Å². The molecule has 2 nitrogen and oxygen atoms in total. The number of hydrogen-bond acceptors (Lipinski definition) is 2.